The fourth-order valence-corrected chi connectivity index (χ4v) is 5.95. The van der Waals surface area contributed by atoms with Gasteiger partial charge < -0.3 is 14.8 Å². The van der Waals surface area contributed by atoms with Crippen LogP contribution in [-0.4, -0.2) is 60.2 Å². The van der Waals surface area contributed by atoms with E-state index in [0.717, 1.165) is 18.4 Å². The van der Waals surface area contributed by atoms with E-state index in [2.05, 4.69) is 5.32 Å². The lowest BCUT2D eigenvalue weighted by Crippen LogP contribution is -2.42. The van der Waals surface area contributed by atoms with Crippen molar-refractivity contribution < 1.29 is 18.0 Å². The molecular weight excluding hydrogens is 428 g/mol. The summed E-state index contributed by atoms with van der Waals surface area (Å²) in [6.07, 6.45) is 4.43. The first-order valence-corrected chi connectivity index (χ1v) is 12.6. The molecule has 9 heteroatoms. The Morgan fingerprint density at radius 2 is 1.69 bits per heavy atom. The van der Waals surface area contributed by atoms with Gasteiger partial charge in [-0.3, -0.25) is 9.59 Å². The highest BCUT2D eigenvalue weighted by Crippen LogP contribution is 2.26. The second-order valence-corrected chi connectivity index (χ2v) is 10.5. The molecule has 4 rings (SSSR count). The molecule has 2 fully saturated rings. The molecule has 0 atom stereocenters. The second-order valence-electron chi connectivity index (χ2n) is 8.55. The Morgan fingerprint density at radius 3 is 2.34 bits per heavy atom. The fourth-order valence-electron chi connectivity index (χ4n) is 4.41. The maximum absolute atomic E-state index is 13.2. The van der Waals surface area contributed by atoms with Crippen LogP contribution in [0.1, 0.15) is 41.7 Å². The molecule has 172 valence electrons. The first-order valence-electron chi connectivity index (χ1n) is 11.1. The molecule has 2 saturated heterocycles. The number of rotatable bonds is 6. The van der Waals surface area contributed by atoms with Gasteiger partial charge in [0.2, 0.25) is 15.9 Å². The zero-order chi connectivity index (χ0) is 22.7. The van der Waals surface area contributed by atoms with Crippen LogP contribution in [0.25, 0.3) is 0 Å². The SMILES string of the molecule is Cn1cc(S(=O)(=O)N2CCC(C(=O)NCc3ccccc3)CC2)cc1C(=O)N1CCCC1. The van der Waals surface area contributed by atoms with Crippen LogP contribution in [0.15, 0.2) is 47.5 Å². The summed E-state index contributed by atoms with van der Waals surface area (Å²) >= 11 is 0. The van der Waals surface area contributed by atoms with Crippen LogP contribution in [0.5, 0.6) is 0 Å². The normalized spacial score (nSPS) is 18.1. The van der Waals surface area contributed by atoms with Gasteiger partial charge in [-0.1, -0.05) is 30.3 Å². The number of likely N-dealkylation sites (tertiary alicyclic amines) is 1. The molecule has 1 N–H and O–H groups in total. The molecule has 2 aliphatic heterocycles. The Labute approximate surface area is 189 Å². The van der Waals surface area contributed by atoms with E-state index in [1.165, 1.54) is 16.6 Å². The summed E-state index contributed by atoms with van der Waals surface area (Å²) in [5.74, 6) is -0.363. The van der Waals surface area contributed by atoms with Crippen LogP contribution < -0.4 is 5.32 Å². The van der Waals surface area contributed by atoms with Crippen LogP contribution in [-0.2, 0) is 28.4 Å². The summed E-state index contributed by atoms with van der Waals surface area (Å²) in [5, 5.41) is 2.95. The molecule has 32 heavy (non-hydrogen) atoms. The highest BCUT2D eigenvalue weighted by atomic mass is 32.2. The molecule has 0 aliphatic carbocycles. The first-order chi connectivity index (χ1) is 15.4. The highest BCUT2D eigenvalue weighted by Gasteiger charge is 2.34. The summed E-state index contributed by atoms with van der Waals surface area (Å²) in [6, 6.07) is 11.2. The predicted molar refractivity (Wildman–Crippen MR) is 120 cm³/mol. The van der Waals surface area contributed by atoms with Crippen molar-refractivity contribution >= 4 is 21.8 Å². The lowest BCUT2D eigenvalue weighted by Gasteiger charge is -2.30. The molecule has 0 radical (unpaired) electrons. The second kappa shape index (κ2) is 9.46. The van der Waals surface area contributed by atoms with Gasteiger partial charge in [-0.05, 0) is 37.3 Å². The van der Waals surface area contributed by atoms with E-state index < -0.39 is 10.0 Å². The summed E-state index contributed by atoms with van der Waals surface area (Å²) in [7, 11) is -2.02. The third kappa shape index (κ3) is 4.73. The van der Waals surface area contributed by atoms with Gasteiger partial charge in [-0.2, -0.15) is 4.31 Å². The Kier molecular flexibility index (Phi) is 6.66. The zero-order valence-electron chi connectivity index (χ0n) is 18.4. The molecule has 1 aromatic carbocycles. The summed E-state index contributed by atoms with van der Waals surface area (Å²) < 4.78 is 29.4. The van der Waals surface area contributed by atoms with E-state index in [4.69, 9.17) is 0 Å². The predicted octanol–water partition coefficient (Wildman–Crippen LogP) is 1.98. The number of aryl methyl sites for hydroxylation is 1. The van der Waals surface area contributed by atoms with Crippen molar-refractivity contribution in [3.05, 3.63) is 53.9 Å². The number of nitrogens with one attached hydrogen (secondary N) is 1. The Hall–Kier alpha value is -2.65. The molecule has 0 spiro atoms. The van der Waals surface area contributed by atoms with Gasteiger partial charge in [0.25, 0.3) is 5.91 Å². The van der Waals surface area contributed by atoms with Crippen molar-refractivity contribution in [1.29, 1.82) is 0 Å². The van der Waals surface area contributed by atoms with Crippen LogP contribution in [0.4, 0.5) is 0 Å². The average Bonchev–Trinajstić information content (AvgIpc) is 3.48. The number of nitrogens with zero attached hydrogens (tertiary/aromatic N) is 3. The van der Waals surface area contributed by atoms with Gasteiger partial charge in [0.05, 0.1) is 0 Å². The van der Waals surface area contributed by atoms with E-state index in [1.54, 1.807) is 16.5 Å². The number of carbonyl (C=O) groups is 2. The van der Waals surface area contributed by atoms with Crippen LogP contribution in [0, 0.1) is 5.92 Å². The molecule has 2 aromatic rings. The monoisotopic (exact) mass is 458 g/mol. The third-order valence-corrected chi connectivity index (χ3v) is 8.23. The van der Waals surface area contributed by atoms with Crippen molar-refractivity contribution in [3.63, 3.8) is 0 Å². The fraction of sp³-hybridized carbons (Fsp3) is 0.478. The van der Waals surface area contributed by atoms with Crippen LogP contribution in [0.3, 0.4) is 0 Å². The van der Waals surface area contributed by atoms with Crippen LogP contribution in [0.2, 0.25) is 0 Å². The van der Waals surface area contributed by atoms with Crippen LogP contribution >= 0.6 is 0 Å². The number of hydrogen-bond donors (Lipinski definition) is 1. The number of sulfonamides is 1. The van der Waals surface area contributed by atoms with Crippen molar-refractivity contribution in [2.45, 2.75) is 37.1 Å². The van der Waals surface area contributed by atoms with E-state index in [1.807, 2.05) is 30.3 Å². The third-order valence-electron chi connectivity index (χ3n) is 6.36. The Bertz CT molecular complexity index is 1070. The quantitative estimate of drug-likeness (QED) is 0.717. The molecule has 0 saturated carbocycles. The van der Waals surface area contributed by atoms with Gasteiger partial charge in [-0.25, -0.2) is 8.42 Å². The maximum atomic E-state index is 13.2. The number of amides is 2. The minimum Gasteiger partial charge on any atom is -0.352 e. The molecular formula is C23H30N4O4S. The summed E-state index contributed by atoms with van der Waals surface area (Å²) in [4.78, 5) is 27.1. The minimum atomic E-state index is -3.72. The van der Waals surface area contributed by atoms with E-state index >= 15 is 0 Å². The van der Waals surface area contributed by atoms with Crippen molar-refractivity contribution in [2.75, 3.05) is 26.2 Å². The van der Waals surface area contributed by atoms with Crippen molar-refractivity contribution in [1.82, 2.24) is 19.1 Å². The Morgan fingerprint density at radius 1 is 1.03 bits per heavy atom. The standard InChI is InChI=1S/C23H30N4O4S/c1-25-17-20(15-21(25)23(29)26-11-5-6-12-26)32(30,31)27-13-9-19(10-14-27)22(28)24-16-18-7-3-2-4-8-18/h2-4,7-8,15,17,19H,5-6,9-14,16H2,1H3,(H,24,28). The largest absolute Gasteiger partial charge is 0.352 e. The molecule has 0 bridgehead atoms. The molecule has 2 aliphatic rings. The molecule has 1 aromatic heterocycles. The summed E-state index contributed by atoms with van der Waals surface area (Å²) in [6.45, 7) is 2.47. The van der Waals surface area contributed by atoms with Gasteiger partial charge in [0.15, 0.2) is 0 Å². The van der Waals surface area contributed by atoms with Gasteiger partial charge >= 0.3 is 0 Å². The van der Waals surface area contributed by atoms with E-state index in [0.29, 0.717) is 38.2 Å². The molecule has 0 unspecified atom stereocenters. The number of benzene rings is 1. The summed E-state index contributed by atoms with van der Waals surface area (Å²) in [5.41, 5.74) is 1.42. The van der Waals surface area contributed by atoms with E-state index in [-0.39, 0.29) is 35.7 Å². The zero-order valence-corrected chi connectivity index (χ0v) is 19.2. The number of piperidine rings is 1. The van der Waals surface area contributed by atoms with Gasteiger partial charge in [0.1, 0.15) is 10.6 Å². The molecule has 2 amide bonds. The highest BCUT2D eigenvalue weighted by molar-refractivity contribution is 7.89. The first kappa shape index (κ1) is 22.5. The topological polar surface area (TPSA) is 91.7 Å². The molecule has 8 nitrogen and oxygen atoms in total. The van der Waals surface area contributed by atoms with Crippen molar-refractivity contribution in [3.8, 4) is 0 Å². The lowest BCUT2D eigenvalue weighted by molar-refractivity contribution is -0.126. The number of hydrogen-bond acceptors (Lipinski definition) is 4. The Balaban J connectivity index is 1.36. The van der Waals surface area contributed by atoms with Crippen molar-refractivity contribution in [2.24, 2.45) is 13.0 Å². The van der Waals surface area contributed by atoms with Gasteiger partial charge in [0, 0.05) is 51.9 Å². The maximum Gasteiger partial charge on any atom is 0.270 e. The minimum absolute atomic E-state index is 0.0379. The van der Waals surface area contributed by atoms with Gasteiger partial charge in [-0.15, -0.1) is 0 Å². The lowest BCUT2D eigenvalue weighted by atomic mass is 9.97. The smallest absolute Gasteiger partial charge is 0.270 e. The molecule has 3 heterocycles. The average molecular weight is 459 g/mol. The van der Waals surface area contributed by atoms with E-state index in [9.17, 15) is 18.0 Å². The number of aromatic nitrogens is 1. The number of carbonyl (C=O) groups excluding carboxylic acids is 2.